The fraction of sp³-hybridized carbons (Fsp3) is 0.370. The lowest BCUT2D eigenvalue weighted by Crippen LogP contribution is -2.54. The number of nitrogens with zero attached hydrogens (tertiary/aromatic N) is 4. The second-order valence-corrected chi connectivity index (χ2v) is 8.79. The predicted molar refractivity (Wildman–Crippen MR) is 131 cm³/mol. The van der Waals surface area contributed by atoms with E-state index in [0.29, 0.717) is 43.2 Å². The molecule has 0 saturated carbocycles. The average Bonchev–Trinajstić information content (AvgIpc) is 3.38. The highest BCUT2D eigenvalue weighted by atomic mass is 16.5. The van der Waals surface area contributed by atoms with Crippen LogP contribution in [0.3, 0.4) is 0 Å². The molecule has 1 amide bonds. The highest BCUT2D eigenvalue weighted by molar-refractivity contribution is 5.94. The number of para-hydroxylation sites is 1. The number of hydrogen-bond donors (Lipinski definition) is 0. The Balaban J connectivity index is 1.73. The Bertz CT molecular complexity index is 1200. The highest BCUT2D eigenvalue weighted by Gasteiger charge is 2.31. The van der Waals surface area contributed by atoms with E-state index in [0.717, 1.165) is 22.6 Å². The van der Waals surface area contributed by atoms with E-state index in [1.165, 1.54) is 12.5 Å². The lowest BCUT2D eigenvalue weighted by molar-refractivity contribution is 0.0673. The van der Waals surface area contributed by atoms with Crippen molar-refractivity contribution in [1.29, 1.82) is 5.26 Å². The summed E-state index contributed by atoms with van der Waals surface area (Å²) in [6.45, 7) is 10.4. The molecule has 0 N–H and O–H groups in total. The van der Waals surface area contributed by atoms with Crippen molar-refractivity contribution in [1.82, 2.24) is 9.88 Å². The molecule has 1 saturated heterocycles. The smallest absolute Gasteiger partial charge is 0.257 e. The molecular weight excluding hydrogens is 428 g/mol. The van der Waals surface area contributed by atoms with Gasteiger partial charge < -0.3 is 19.0 Å². The van der Waals surface area contributed by atoms with Crippen molar-refractivity contribution in [3.8, 4) is 22.9 Å². The first kappa shape index (κ1) is 23.4. The van der Waals surface area contributed by atoms with Crippen LogP contribution in [0.4, 0.5) is 5.82 Å². The molecule has 1 fully saturated rings. The maximum absolute atomic E-state index is 12.9. The van der Waals surface area contributed by atoms with Crippen molar-refractivity contribution in [3.05, 3.63) is 65.7 Å². The van der Waals surface area contributed by atoms with Gasteiger partial charge in [-0.15, -0.1) is 0 Å². The third kappa shape index (κ3) is 4.49. The second-order valence-electron chi connectivity index (χ2n) is 8.79. The number of benzene rings is 1. The number of piperazine rings is 1. The first-order valence-corrected chi connectivity index (χ1v) is 11.7. The summed E-state index contributed by atoms with van der Waals surface area (Å²) >= 11 is 0. The summed E-state index contributed by atoms with van der Waals surface area (Å²) in [5.41, 5.74) is 3.70. The van der Waals surface area contributed by atoms with Gasteiger partial charge in [-0.3, -0.25) is 4.79 Å². The van der Waals surface area contributed by atoms with Gasteiger partial charge in [-0.05, 0) is 38.0 Å². The molecule has 176 valence electrons. The monoisotopic (exact) mass is 458 g/mol. The Morgan fingerprint density at radius 1 is 1.26 bits per heavy atom. The topological polar surface area (TPSA) is 82.6 Å². The molecule has 1 aliphatic rings. The number of amides is 1. The number of carbonyl (C=O) groups excluding carboxylic acids is 1. The summed E-state index contributed by atoms with van der Waals surface area (Å²) < 4.78 is 11.0. The molecule has 3 aromatic rings. The molecule has 1 atom stereocenters. The summed E-state index contributed by atoms with van der Waals surface area (Å²) in [4.78, 5) is 21.8. The summed E-state index contributed by atoms with van der Waals surface area (Å²) in [5, 5.41) is 10.2. The minimum atomic E-state index is -0.0497. The Labute approximate surface area is 200 Å². The summed E-state index contributed by atoms with van der Waals surface area (Å²) in [6.07, 6.45) is 2.99. The number of aromatic nitrogens is 1. The SMILES string of the molecule is CCOc1ccccc1-c1cc(C(C)C)nc(N2CCN(C(=O)c3ccoc3)[C@H](C)C2)c1C#N. The Morgan fingerprint density at radius 2 is 2.06 bits per heavy atom. The van der Waals surface area contributed by atoms with Crippen LogP contribution in [0.5, 0.6) is 5.75 Å². The third-order valence-electron chi connectivity index (χ3n) is 6.16. The Hall–Kier alpha value is -3.79. The fourth-order valence-electron chi connectivity index (χ4n) is 4.37. The van der Waals surface area contributed by atoms with E-state index in [1.807, 2.05) is 49.1 Å². The normalized spacial score (nSPS) is 15.9. The number of rotatable bonds is 6. The van der Waals surface area contributed by atoms with E-state index in [1.54, 1.807) is 6.07 Å². The van der Waals surface area contributed by atoms with Crippen LogP contribution in [0, 0.1) is 11.3 Å². The van der Waals surface area contributed by atoms with Crippen molar-refractivity contribution in [3.63, 3.8) is 0 Å². The molecule has 7 nitrogen and oxygen atoms in total. The van der Waals surface area contributed by atoms with Crippen LogP contribution in [-0.2, 0) is 0 Å². The van der Waals surface area contributed by atoms with Crippen LogP contribution in [0.1, 0.15) is 55.2 Å². The largest absolute Gasteiger partial charge is 0.493 e. The first-order chi connectivity index (χ1) is 16.4. The molecular formula is C27H30N4O3. The number of ether oxygens (including phenoxy) is 1. The van der Waals surface area contributed by atoms with Gasteiger partial charge in [0.05, 0.1) is 18.4 Å². The Morgan fingerprint density at radius 3 is 2.71 bits per heavy atom. The molecule has 0 radical (unpaired) electrons. The van der Waals surface area contributed by atoms with Crippen molar-refractivity contribution in [2.75, 3.05) is 31.1 Å². The van der Waals surface area contributed by atoms with E-state index in [2.05, 4.69) is 24.8 Å². The quantitative estimate of drug-likeness (QED) is 0.512. The molecule has 0 spiro atoms. The first-order valence-electron chi connectivity index (χ1n) is 11.7. The number of furan rings is 1. The molecule has 1 aliphatic heterocycles. The van der Waals surface area contributed by atoms with E-state index < -0.39 is 0 Å². The zero-order valence-electron chi connectivity index (χ0n) is 20.1. The van der Waals surface area contributed by atoms with Gasteiger partial charge >= 0.3 is 0 Å². The van der Waals surface area contributed by atoms with Gasteiger partial charge in [-0.25, -0.2) is 4.98 Å². The van der Waals surface area contributed by atoms with Crippen LogP contribution < -0.4 is 9.64 Å². The second kappa shape index (κ2) is 10.0. The number of nitriles is 1. The van der Waals surface area contributed by atoms with E-state index >= 15 is 0 Å². The highest BCUT2D eigenvalue weighted by Crippen LogP contribution is 2.38. The van der Waals surface area contributed by atoms with E-state index in [9.17, 15) is 10.1 Å². The molecule has 4 rings (SSSR count). The van der Waals surface area contributed by atoms with Gasteiger partial charge in [0.15, 0.2) is 0 Å². The zero-order chi connectivity index (χ0) is 24.2. The Kier molecular flexibility index (Phi) is 6.87. The zero-order valence-corrected chi connectivity index (χ0v) is 20.1. The van der Waals surface area contributed by atoms with Crippen molar-refractivity contribution < 1.29 is 13.9 Å². The molecule has 3 heterocycles. The molecule has 7 heteroatoms. The lowest BCUT2D eigenvalue weighted by atomic mass is 9.96. The van der Waals surface area contributed by atoms with Gasteiger partial charge in [0.2, 0.25) is 0 Å². The summed E-state index contributed by atoms with van der Waals surface area (Å²) in [6, 6.07) is 13.9. The molecule has 2 aromatic heterocycles. The standard InChI is InChI=1S/C27H30N4O3/c1-5-34-25-9-7-6-8-21(25)22-14-24(18(2)3)29-26(23(22)15-28)30-11-12-31(19(4)16-30)27(32)20-10-13-33-17-20/h6-10,13-14,17-19H,5,11-12,16H2,1-4H3/t19-/m1/s1. The van der Waals surface area contributed by atoms with Gasteiger partial charge in [0.1, 0.15) is 29.5 Å². The summed E-state index contributed by atoms with van der Waals surface area (Å²) in [5.74, 6) is 1.55. The summed E-state index contributed by atoms with van der Waals surface area (Å²) in [7, 11) is 0. The minimum absolute atomic E-state index is 0.0448. The maximum Gasteiger partial charge on any atom is 0.257 e. The van der Waals surface area contributed by atoms with Crippen molar-refractivity contribution in [2.24, 2.45) is 0 Å². The molecule has 34 heavy (non-hydrogen) atoms. The van der Waals surface area contributed by atoms with Crippen molar-refractivity contribution in [2.45, 2.75) is 39.7 Å². The fourth-order valence-corrected chi connectivity index (χ4v) is 4.37. The maximum atomic E-state index is 12.9. The van der Waals surface area contributed by atoms with Gasteiger partial charge in [0, 0.05) is 42.5 Å². The van der Waals surface area contributed by atoms with E-state index in [4.69, 9.17) is 14.1 Å². The molecule has 0 bridgehead atoms. The number of carbonyl (C=O) groups is 1. The molecule has 0 unspecified atom stereocenters. The van der Waals surface area contributed by atoms with Crippen molar-refractivity contribution >= 4 is 11.7 Å². The van der Waals surface area contributed by atoms with Crippen LogP contribution in [0.25, 0.3) is 11.1 Å². The number of hydrogen-bond acceptors (Lipinski definition) is 6. The lowest BCUT2D eigenvalue weighted by Gasteiger charge is -2.40. The molecule has 0 aliphatic carbocycles. The van der Waals surface area contributed by atoms with Crippen LogP contribution >= 0.6 is 0 Å². The van der Waals surface area contributed by atoms with Gasteiger partial charge in [-0.1, -0.05) is 32.0 Å². The van der Waals surface area contributed by atoms with Crippen LogP contribution in [0.2, 0.25) is 0 Å². The van der Waals surface area contributed by atoms with Crippen LogP contribution in [-0.4, -0.2) is 48.1 Å². The predicted octanol–water partition coefficient (Wildman–Crippen LogP) is 5.09. The third-order valence-corrected chi connectivity index (χ3v) is 6.16. The number of pyridine rings is 1. The minimum Gasteiger partial charge on any atom is -0.493 e. The number of anilines is 1. The van der Waals surface area contributed by atoms with Gasteiger partial charge in [0.25, 0.3) is 5.91 Å². The molecule has 1 aromatic carbocycles. The van der Waals surface area contributed by atoms with E-state index in [-0.39, 0.29) is 17.9 Å². The average molecular weight is 459 g/mol. The van der Waals surface area contributed by atoms with Crippen LogP contribution in [0.15, 0.2) is 53.3 Å². The van der Waals surface area contributed by atoms with Gasteiger partial charge in [-0.2, -0.15) is 5.26 Å².